The van der Waals surface area contributed by atoms with Gasteiger partial charge in [0.2, 0.25) is 0 Å². The molecular weight excluding hydrogens is 324 g/mol. The molecule has 0 saturated heterocycles. The first kappa shape index (κ1) is 20.9. The lowest BCUT2D eigenvalue weighted by molar-refractivity contribution is -0.145. The third-order valence-electron chi connectivity index (χ3n) is 3.55. The zero-order valence-corrected chi connectivity index (χ0v) is 14.9. The molecule has 0 aliphatic heterocycles. The van der Waals surface area contributed by atoms with Crippen LogP contribution in [0.15, 0.2) is 18.2 Å². The van der Waals surface area contributed by atoms with Crippen molar-refractivity contribution in [2.45, 2.75) is 58.0 Å². The van der Waals surface area contributed by atoms with E-state index in [1.807, 2.05) is 6.92 Å². The Balaban J connectivity index is 2.64. The van der Waals surface area contributed by atoms with Crippen molar-refractivity contribution in [3.8, 4) is 11.5 Å². The number of aromatic hydroxyl groups is 1. The highest BCUT2D eigenvalue weighted by molar-refractivity contribution is 5.76. The van der Waals surface area contributed by atoms with Crippen LogP contribution in [0.3, 0.4) is 0 Å². The second-order valence-electron chi connectivity index (χ2n) is 6.12. The summed E-state index contributed by atoms with van der Waals surface area (Å²) in [6, 6.07) is 3.59. The Morgan fingerprint density at radius 3 is 2.64 bits per heavy atom. The quantitative estimate of drug-likeness (QED) is 0.332. The Morgan fingerprint density at radius 1 is 1.28 bits per heavy atom. The summed E-state index contributed by atoms with van der Waals surface area (Å²) in [5.74, 6) is -1.07. The van der Waals surface area contributed by atoms with Gasteiger partial charge in [-0.2, -0.15) is 0 Å². The predicted octanol–water partition coefficient (Wildman–Crippen LogP) is 1.64. The minimum atomic E-state index is -0.817. The fraction of sp³-hybridized carbons (Fsp3) is 0.556. The molecule has 0 aliphatic rings. The molecule has 0 aromatic heterocycles. The van der Waals surface area contributed by atoms with E-state index in [0.717, 1.165) is 12.8 Å². The SMILES string of the molecule is CCCCOC(=O)[C@@H](N)Cc1ccc(O)c(OC(=O)CCC(C)N)c1. The molecule has 0 bridgehead atoms. The first-order chi connectivity index (χ1) is 11.8. The Morgan fingerprint density at radius 2 is 2.00 bits per heavy atom. The molecule has 0 aliphatic carbocycles. The maximum atomic E-state index is 11.8. The minimum absolute atomic E-state index is 0.0405. The summed E-state index contributed by atoms with van der Waals surface area (Å²) in [4.78, 5) is 23.6. The highest BCUT2D eigenvalue weighted by Gasteiger charge is 2.17. The van der Waals surface area contributed by atoms with Crippen molar-refractivity contribution >= 4 is 11.9 Å². The largest absolute Gasteiger partial charge is 0.504 e. The number of nitrogens with two attached hydrogens (primary N) is 2. The molecule has 0 fully saturated rings. The van der Waals surface area contributed by atoms with Gasteiger partial charge in [-0.05, 0) is 43.9 Å². The maximum absolute atomic E-state index is 11.8. The van der Waals surface area contributed by atoms with E-state index in [2.05, 4.69) is 0 Å². The van der Waals surface area contributed by atoms with Crippen LogP contribution in [-0.2, 0) is 20.7 Å². The lowest BCUT2D eigenvalue weighted by atomic mass is 10.1. The number of carbonyl (C=O) groups excluding carboxylic acids is 2. The van der Waals surface area contributed by atoms with Gasteiger partial charge in [-0.3, -0.25) is 9.59 Å². The average Bonchev–Trinajstić information content (AvgIpc) is 2.56. The number of phenols is 1. The summed E-state index contributed by atoms with van der Waals surface area (Å²) < 4.78 is 10.2. The van der Waals surface area contributed by atoms with Crippen LogP contribution in [0.2, 0.25) is 0 Å². The standard InChI is InChI=1S/C18H28N2O5/c1-3-4-9-24-18(23)14(20)10-13-6-7-15(21)16(11-13)25-17(22)8-5-12(2)19/h6-7,11-12,14,21H,3-5,8-10,19-20H2,1-2H3/t12?,14-/m0/s1. The van der Waals surface area contributed by atoms with Crippen LogP contribution >= 0.6 is 0 Å². The topological polar surface area (TPSA) is 125 Å². The lowest BCUT2D eigenvalue weighted by Crippen LogP contribution is -2.34. The molecule has 0 saturated carbocycles. The number of esters is 2. The Labute approximate surface area is 148 Å². The summed E-state index contributed by atoms with van der Waals surface area (Å²) in [6.45, 7) is 4.15. The highest BCUT2D eigenvalue weighted by Crippen LogP contribution is 2.28. The molecule has 1 aromatic rings. The average molecular weight is 352 g/mol. The molecule has 7 nitrogen and oxygen atoms in total. The van der Waals surface area contributed by atoms with Crippen LogP contribution < -0.4 is 16.2 Å². The second-order valence-corrected chi connectivity index (χ2v) is 6.12. The molecule has 25 heavy (non-hydrogen) atoms. The molecule has 0 radical (unpaired) electrons. The van der Waals surface area contributed by atoms with E-state index in [9.17, 15) is 14.7 Å². The summed E-state index contributed by atoms with van der Waals surface area (Å²) in [5.41, 5.74) is 12.1. The zero-order chi connectivity index (χ0) is 18.8. The number of unbranched alkanes of at least 4 members (excludes halogenated alkanes) is 1. The van der Waals surface area contributed by atoms with Crippen LogP contribution in [0.25, 0.3) is 0 Å². The van der Waals surface area contributed by atoms with Gasteiger partial charge in [0.25, 0.3) is 0 Å². The first-order valence-corrected chi connectivity index (χ1v) is 8.53. The summed E-state index contributed by atoms with van der Waals surface area (Å²) >= 11 is 0. The van der Waals surface area contributed by atoms with Crippen molar-refractivity contribution in [1.29, 1.82) is 0 Å². The van der Waals surface area contributed by atoms with Crippen molar-refractivity contribution in [2.75, 3.05) is 6.61 Å². The van der Waals surface area contributed by atoms with Gasteiger partial charge in [0.05, 0.1) is 6.61 Å². The van der Waals surface area contributed by atoms with Crippen molar-refractivity contribution in [3.05, 3.63) is 23.8 Å². The molecule has 0 heterocycles. The van der Waals surface area contributed by atoms with Gasteiger partial charge in [-0.25, -0.2) is 0 Å². The molecule has 1 rings (SSSR count). The van der Waals surface area contributed by atoms with E-state index in [4.69, 9.17) is 20.9 Å². The zero-order valence-electron chi connectivity index (χ0n) is 14.9. The van der Waals surface area contributed by atoms with Crippen molar-refractivity contribution in [3.63, 3.8) is 0 Å². The fourth-order valence-corrected chi connectivity index (χ4v) is 2.05. The highest BCUT2D eigenvalue weighted by atomic mass is 16.5. The van der Waals surface area contributed by atoms with Crippen LogP contribution in [0.1, 0.15) is 45.1 Å². The normalized spacial score (nSPS) is 13.1. The number of rotatable bonds is 10. The third kappa shape index (κ3) is 8.00. The number of phenolic OH excluding ortho intramolecular Hbond substituents is 1. The molecular formula is C18H28N2O5. The molecule has 0 amide bonds. The monoisotopic (exact) mass is 352 g/mol. The molecule has 1 unspecified atom stereocenters. The van der Waals surface area contributed by atoms with E-state index in [0.29, 0.717) is 18.6 Å². The second kappa shape index (κ2) is 10.7. The van der Waals surface area contributed by atoms with E-state index >= 15 is 0 Å². The first-order valence-electron chi connectivity index (χ1n) is 8.53. The lowest BCUT2D eigenvalue weighted by Gasteiger charge is -2.13. The molecule has 140 valence electrons. The van der Waals surface area contributed by atoms with Crippen LogP contribution in [0, 0.1) is 0 Å². The van der Waals surface area contributed by atoms with Gasteiger partial charge in [0.15, 0.2) is 11.5 Å². The number of hydrogen-bond donors (Lipinski definition) is 3. The molecule has 0 spiro atoms. The van der Waals surface area contributed by atoms with E-state index in [1.165, 1.54) is 12.1 Å². The Hall–Kier alpha value is -2.12. The molecule has 7 heteroatoms. The predicted molar refractivity (Wildman–Crippen MR) is 94.2 cm³/mol. The maximum Gasteiger partial charge on any atom is 0.323 e. The number of benzene rings is 1. The van der Waals surface area contributed by atoms with E-state index in [1.54, 1.807) is 13.0 Å². The van der Waals surface area contributed by atoms with Gasteiger partial charge in [0.1, 0.15) is 6.04 Å². The van der Waals surface area contributed by atoms with Gasteiger partial charge in [-0.1, -0.05) is 19.4 Å². The Kier molecular flexibility index (Phi) is 8.94. The summed E-state index contributed by atoms with van der Waals surface area (Å²) in [5, 5.41) is 9.82. The molecule has 2 atom stereocenters. The van der Waals surface area contributed by atoms with Crippen molar-refractivity contribution < 1.29 is 24.2 Å². The summed E-state index contributed by atoms with van der Waals surface area (Å²) in [6.07, 6.45) is 2.59. The minimum Gasteiger partial charge on any atom is -0.504 e. The number of carbonyl (C=O) groups is 2. The fourth-order valence-electron chi connectivity index (χ4n) is 2.05. The number of ether oxygens (including phenoxy) is 2. The summed E-state index contributed by atoms with van der Waals surface area (Å²) in [7, 11) is 0. The van der Waals surface area contributed by atoms with Crippen LogP contribution in [0.4, 0.5) is 0 Å². The molecule has 1 aromatic carbocycles. The molecule has 5 N–H and O–H groups in total. The Bertz CT molecular complexity index is 575. The van der Waals surface area contributed by atoms with E-state index in [-0.39, 0.29) is 30.4 Å². The van der Waals surface area contributed by atoms with Crippen molar-refractivity contribution in [1.82, 2.24) is 0 Å². The van der Waals surface area contributed by atoms with Crippen LogP contribution in [-0.4, -0.2) is 35.7 Å². The number of hydrogen-bond acceptors (Lipinski definition) is 7. The van der Waals surface area contributed by atoms with Crippen LogP contribution in [0.5, 0.6) is 11.5 Å². The van der Waals surface area contributed by atoms with Crippen molar-refractivity contribution in [2.24, 2.45) is 11.5 Å². The van der Waals surface area contributed by atoms with Gasteiger partial charge in [0, 0.05) is 12.5 Å². The third-order valence-corrected chi connectivity index (χ3v) is 3.55. The van der Waals surface area contributed by atoms with Gasteiger partial charge in [-0.15, -0.1) is 0 Å². The van der Waals surface area contributed by atoms with E-state index < -0.39 is 18.0 Å². The van der Waals surface area contributed by atoms with Gasteiger partial charge < -0.3 is 26.0 Å². The van der Waals surface area contributed by atoms with Gasteiger partial charge >= 0.3 is 11.9 Å². The smallest absolute Gasteiger partial charge is 0.323 e.